The molecule has 0 aromatic rings. The van der Waals surface area contributed by atoms with E-state index in [1.165, 1.54) is 0 Å². The minimum Gasteiger partial charge on any atom is -0.481 e. The quantitative estimate of drug-likeness (QED) is 0.403. The minimum absolute atomic E-state index is 0.139. The molecule has 0 rings (SSSR count). The van der Waals surface area contributed by atoms with Crippen LogP contribution in [0.15, 0.2) is 24.2 Å². The van der Waals surface area contributed by atoms with Gasteiger partial charge in [0.1, 0.15) is 19.3 Å². The van der Waals surface area contributed by atoms with Gasteiger partial charge in [0.25, 0.3) is 5.95 Å². The topological polar surface area (TPSA) is 76.0 Å². The van der Waals surface area contributed by atoms with Gasteiger partial charge in [0.15, 0.2) is 0 Å². The average molecular weight is 244 g/mol. The third kappa shape index (κ3) is 6.63. The monoisotopic (exact) mass is 244 g/mol. The molecule has 2 N–H and O–H groups in total. The second-order valence-corrected chi connectivity index (χ2v) is 3.94. The number of rotatable bonds is 7. The molecule has 1 atom stereocenters. The highest BCUT2D eigenvalue weighted by Crippen LogP contribution is 2.13. The highest BCUT2D eigenvalue weighted by Gasteiger charge is 2.11. The smallest absolute Gasteiger partial charge is 0.330 e. The van der Waals surface area contributed by atoms with Crippen molar-refractivity contribution < 1.29 is 24.5 Å². The number of ether oxygens (including phenoxy) is 2. The first kappa shape index (κ1) is 15.5. The minimum atomic E-state index is -0.985. The van der Waals surface area contributed by atoms with Crippen molar-refractivity contribution in [3.8, 4) is 0 Å². The van der Waals surface area contributed by atoms with Crippen LogP contribution in [0.2, 0.25) is 0 Å². The maximum atomic E-state index is 10.7. The first-order valence-corrected chi connectivity index (χ1v) is 5.38. The molecular weight excluding hydrogens is 224 g/mol. The number of aliphatic hydroxyl groups excluding tert-OH is 2. The summed E-state index contributed by atoms with van der Waals surface area (Å²) in [5, 5.41) is 18.9. The highest BCUT2D eigenvalue weighted by atomic mass is 16.6. The fourth-order valence-corrected chi connectivity index (χ4v) is 0.821. The molecule has 0 aromatic carbocycles. The summed E-state index contributed by atoms with van der Waals surface area (Å²) in [6, 6.07) is 0. The first-order valence-electron chi connectivity index (χ1n) is 5.38. The van der Waals surface area contributed by atoms with Crippen LogP contribution in [0.3, 0.4) is 0 Å². The fraction of sp³-hybridized carbons (Fsp3) is 0.583. The standard InChI is InChI=1S/C12H20O5/c1-5-11(14)16-6-10(13)7-17-12(15)9(4)8(2)3/h5,8,10,13,15H,1,6-7H2,2-4H3/b12-9+. The first-order chi connectivity index (χ1) is 7.88. The van der Waals surface area contributed by atoms with Crippen LogP contribution in [0.25, 0.3) is 0 Å². The van der Waals surface area contributed by atoms with Crippen LogP contribution in [0.1, 0.15) is 20.8 Å². The summed E-state index contributed by atoms with van der Waals surface area (Å²) in [7, 11) is 0. The summed E-state index contributed by atoms with van der Waals surface area (Å²) in [6.45, 7) is 8.45. The van der Waals surface area contributed by atoms with Crippen molar-refractivity contribution in [2.45, 2.75) is 26.9 Å². The van der Waals surface area contributed by atoms with Gasteiger partial charge in [0.05, 0.1) is 0 Å². The van der Waals surface area contributed by atoms with E-state index in [0.717, 1.165) is 6.08 Å². The molecule has 0 amide bonds. The molecule has 0 aliphatic rings. The van der Waals surface area contributed by atoms with Gasteiger partial charge < -0.3 is 19.7 Å². The van der Waals surface area contributed by atoms with Crippen molar-refractivity contribution in [2.75, 3.05) is 13.2 Å². The third-order valence-corrected chi connectivity index (χ3v) is 2.20. The van der Waals surface area contributed by atoms with Crippen LogP contribution in [0, 0.1) is 5.92 Å². The molecule has 5 heteroatoms. The van der Waals surface area contributed by atoms with E-state index in [0.29, 0.717) is 5.57 Å². The predicted molar refractivity (Wildman–Crippen MR) is 63.3 cm³/mol. The Morgan fingerprint density at radius 1 is 1.35 bits per heavy atom. The van der Waals surface area contributed by atoms with Gasteiger partial charge in [-0.2, -0.15) is 0 Å². The average Bonchev–Trinajstić information content (AvgIpc) is 2.31. The Balaban J connectivity index is 3.99. The van der Waals surface area contributed by atoms with Crippen LogP contribution >= 0.6 is 0 Å². The summed E-state index contributed by atoms with van der Waals surface area (Å²) in [6.07, 6.45) is 0.0226. The van der Waals surface area contributed by atoms with Crippen molar-refractivity contribution in [3.63, 3.8) is 0 Å². The largest absolute Gasteiger partial charge is 0.481 e. The number of hydrogen-bond donors (Lipinski definition) is 2. The molecule has 0 spiro atoms. The second kappa shape index (κ2) is 7.73. The Kier molecular flexibility index (Phi) is 7.05. The molecule has 1 unspecified atom stereocenters. The van der Waals surface area contributed by atoms with Crippen molar-refractivity contribution in [1.82, 2.24) is 0 Å². The summed E-state index contributed by atoms with van der Waals surface area (Å²) in [5.74, 6) is -0.651. The number of carbonyl (C=O) groups is 1. The summed E-state index contributed by atoms with van der Waals surface area (Å²) in [5.41, 5.74) is 0.695. The van der Waals surface area contributed by atoms with Gasteiger partial charge in [-0.25, -0.2) is 4.79 Å². The maximum absolute atomic E-state index is 10.7. The van der Waals surface area contributed by atoms with Crippen LogP contribution in [-0.2, 0) is 14.3 Å². The lowest BCUT2D eigenvalue weighted by molar-refractivity contribution is -0.141. The summed E-state index contributed by atoms with van der Waals surface area (Å²) in [4.78, 5) is 10.7. The molecule has 0 heterocycles. The third-order valence-electron chi connectivity index (χ3n) is 2.20. The van der Waals surface area contributed by atoms with Gasteiger partial charge in [0, 0.05) is 11.6 Å². The van der Waals surface area contributed by atoms with E-state index in [1.807, 2.05) is 13.8 Å². The molecule has 98 valence electrons. The number of carbonyl (C=O) groups excluding carboxylic acids is 1. The molecule has 0 aliphatic carbocycles. The van der Waals surface area contributed by atoms with E-state index < -0.39 is 12.1 Å². The van der Waals surface area contributed by atoms with Gasteiger partial charge in [-0.1, -0.05) is 20.4 Å². The van der Waals surface area contributed by atoms with E-state index in [4.69, 9.17) is 4.74 Å². The van der Waals surface area contributed by atoms with Crippen molar-refractivity contribution in [1.29, 1.82) is 0 Å². The molecule has 0 fully saturated rings. The lowest BCUT2D eigenvalue weighted by Crippen LogP contribution is -2.23. The van der Waals surface area contributed by atoms with Gasteiger partial charge in [0.2, 0.25) is 0 Å². The van der Waals surface area contributed by atoms with Crippen LogP contribution in [0.4, 0.5) is 0 Å². The lowest BCUT2D eigenvalue weighted by atomic mass is 10.1. The SMILES string of the molecule is C=CC(=O)OCC(O)CO/C(O)=C(\C)C(C)C. The highest BCUT2D eigenvalue weighted by molar-refractivity contribution is 5.81. The molecular formula is C12H20O5. The van der Waals surface area contributed by atoms with Crippen molar-refractivity contribution in [2.24, 2.45) is 5.92 Å². The number of hydrogen-bond acceptors (Lipinski definition) is 5. The second-order valence-electron chi connectivity index (χ2n) is 3.94. The number of allylic oxidation sites excluding steroid dienone is 1. The van der Waals surface area contributed by atoms with Crippen LogP contribution < -0.4 is 0 Å². The Bertz CT molecular complexity index is 293. The van der Waals surface area contributed by atoms with Crippen molar-refractivity contribution in [3.05, 3.63) is 24.2 Å². The molecule has 17 heavy (non-hydrogen) atoms. The van der Waals surface area contributed by atoms with Gasteiger partial charge >= 0.3 is 5.97 Å². The fourth-order valence-electron chi connectivity index (χ4n) is 0.821. The Morgan fingerprint density at radius 2 is 1.88 bits per heavy atom. The van der Waals surface area contributed by atoms with E-state index in [2.05, 4.69) is 11.3 Å². The zero-order chi connectivity index (χ0) is 13.4. The molecule has 5 nitrogen and oxygen atoms in total. The lowest BCUT2D eigenvalue weighted by Gasteiger charge is -2.14. The number of esters is 1. The van der Waals surface area contributed by atoms with E-state index in [-0.39, 0.29) is 25.1 Å². The predicted octanol–water partition coefficient (Wildman–Crippen LogP) is 1.54. The van der Waals surface area contributed by atoms with E-state index >= 15 is 0 Å². The van der Waals surface area contributed by atoms with Gasteiger partial charge in [-0.05, 0) is 12.8 Å². The zero-order valence-electron chi connectivity index (χ0n) is 10.5. The normalized spacial score (nSPS) is 13.9. The summed E-state index contributed by atoms with van der Waals surface area (Å²) >= 11 is 0. The molecule has 0 saturated carbocycles. The van der Waals surface area contributed by atoms with Crippen LogP contribution in [0.5, 0.6) is 0 Å². The molecule has 0 aliphatic heterocycles. The Labute approximate surface area is 101 Å². The maximum Gasteiger partial charge on any atom is 0.330 e. The number of aliphatic hydroxyl groups is 2. The van der Waals surface area contributed by atoms with Gasteiger partial charge in [-0.3, -0.25) is 0 Å². The molecule has 0 aromatic heterocycles. The van der Waals surface area contributed by atoms with E-state index in [9.17, 15) is 15.0 Å². The van der Waals surface area contributed by atoms with Crippen molar-refractivity contribution >= 4 is 5.97 Å². The van der Waals surface area contributed by atoms with E-state index in [1.54, 1.807) is 6.92 Å². The Hall–Kier alpha value is -1.49. The van der Waals surface area contributed by atoms with Gasteiger partial charge in [-0.15, -0.1) is 0 Å². The zero-order valence-corrected chi connectivity index (χ0v) is 10.5. The summed E-state index contributed by atoms with van der Waals surface area (Å²) < 4.78 is 9.57. The molecule has 0 saturated heterocycles. The molecule has 0 bridgehead atoms. The van der Waals surface area contributed by atoms with Crippen LogP contribution in [-0.4, -0.2) is 35.5 Å². The Morgan fingerprint density at radius 3 is 2.35 bits per heavy atom. The molecule has 0 radical (unpaired) electrons.